The van der Waals surface area contributed by atoms with E-state index in [1.165, 1.54) is 10.6 Å². The molecule has 0 spiro atoms. The first-order chi connectivity index (χ1) is 11.2. The van der Waals surface area contributed by atoms with Crippen molar-refractivity contribution < 1.29 is 19.2 Å². The van der Waals surface area contributed by atoms with E-state index in [0.717, 1.165) is 31.9 Å². The molecular formula is C17H28N3O3+. The van der Waals surface area contributed by atoms with Gasteiger partial charge in [-0.15, -0.1) is 0 Å². The molecule has 0 aromatic heterocycles. The lowest BCUT2D eigenvalue weighted by Gasteiger charge is -2.36. The SMILES string of the molecule is COCCNC(=O)[C@H](C)[NH+]1CCN(c2ccc(OC)cc2)CC1. The molecule has 0 saturated carbocycles. The molecule has 23 heavy (non-hydrogen) atoms. The number of benzene rings is 1. The molecule has 0 aliphatic carbocycles. The highest BCUT2D eigenvalue weighted by molar-refractivity contribution is 5.79. The molecule has 1 aliphatic rings. The van der Waals surface area contributed by atoms with Crippen LogP contribution < -0.4 is 19.9 Å². The first kappa shape index (κ1) is 17.6. The predicted octanol–water partition coefficient (Wildman–Crippen LogP) is -0.449. The maximum absolute atomic E-state index is 12.1. The molecule has 1 atom stereocenters. The second kappa shape index (κ2) is 8.74. The van der Waals surface area contributed by atoms with Gasteiger partial charge in [0, 0.05) is 19.3 Å². The molecule has 1 heterocycles. The molecule has 6 nitrogen and oxygen atoms in total. The van der Waals surface area contributed by atoms with Gasteiger partial charge >= 0.3 is 0 Å². The Balaban J connectivity index is 1.81. The van der Waals surface area contributed by atoms with Crippen LogP contribution in [0.5, 0.6) is 5.75 Å². The third kappa shape index (κ3) is 4.84. The highest BCUT2D eigenvalue weighted by Crippen LogP contribution is 2.18. The average Bonchev–Trinajstić information content (AvgIpc) is 2.61. The van der Waals surface area contributed by atoms with Crippen molar-refractivity contribution in [3.8, 4) is 5.75 Å². The van der Waals surface area contributed by atoms with Gasteiger partial charge < -0.3 is 24.6 Å². The number of rotatable bonds is 7. The summed E-state index contributed by atoms with van der Waals surface area (Å²) in [5, 5.41) is 2.92. The smallest absolute Gasteiger partial charge is 0.278 e. The Morgan fingerprint density at radius 1 is 1.26 bits per heavy atom. The molecule has 2 N–H and O–H groups in total. The second-order valence-corrected chi connectivity index (χ2v) is 5.85. The summed E-state index contributed by atoms with van der Waals surface area (Å²) in [5.41, 5.74) is 1.21. The van der Waals surface area contributed by atoms with E-state index >= 15 is 0 Å². The highest BCUT2D eigenvalue weighted by Gasteiger charge is 2.28. The third-order valence-electron chi connectivity index (χ3n) is 4.45. The summed E-state index contributed by atoms with van der Waals surface area (Å²) in [4.78, 5) is 15.8. The van der Waals surface area contributed by atoms with E-state index in [4.69, 9.17) is 9.47 Å². The van der Waals surface area contributed by atoms with Crippen molar-refractivity contribution in [2.75, 3.05) is 58.5 Å². The molecule has 1 fully saturated rings. The van der Waals surface area contributed by atoms with Crippen molar-refractivity contribution in [2.45, 2.75) is 13.0 Å². The first-order valence-corrected chi connectivity index (χ1v) is 8.16. The maximum Gasteiger partial charge on any atom is 0.278 e. The summed E-state index contributed by atoms with van der Waals surface area (Å²) in [6.45, 7) is 6.97. The fourth-order valence-corrected chi connectivity index (χ4v) is 2.89. The minimum Gasteiger partial charge on any atom is -0.497 e. The predicted molar refractivity (Wildman–Crippen MR) is 90.3 cm³/mol. The van der Waals surface area contributed by atoms with E-state index < -0.39 is 0 Å². The molecule has 128 valence electrons. The van der Waals surface area contributed by atoms with Gasteiger partial charge in [-0.3, -0.25) is 4.79 Å². The van der Waals surface area contributed by atoms with E-state index in [1.54, 1.807) is 14.2 Å². The Hall–Kier alpha value is -1.79. The topological polar surface area (TPSA) is 55.2 Å². The average molecular weight is 322 g/mol. The summed E-state index contributed by atoms with van der Waals surface area (Å²) in [7, 11) is 3.31. The Labute approximate surface area is 138 Å². The summed E-state index contributed by atoms with van der Waals surface area (Å²) < 4.78 is 10.2. The lowest BCUT2D eigenvalue weighted by Crippen LogP contribution is -3.19. The lowest BCUT2D eigenvalue weighted by atomic mass is 10.2. The van der Waals surface area contributed by atoms with Crippen LogP contribution >= 0.6 is 0 Å². The largest absolute Gasteiger partial charge is 0.497 e. The number of hydrogen-bond acceptors (Lipinski definition) is 4. The van der Waals surface area contributed by atoms with Crippen molar-refractivity contribution in [1.82, 2.24) is 5.32 Å². The van der Waals surface area contributed by atoms with E-state index in [9.17, 15) is 4.79 Å². The van der Waals surface area contributed by atoms with Gasteiger partial charge in [0.15, 0.2) is 6.04 Å². The second-order valence-electron chi connectivity index (χ2n) is 5.85. The fourth-order valence-electron chi connectivity index (χ4n) is 2.89. The molecule has 1 amide bonds. The Morgan fingerprint density at radius 2 is 1.91 bits per heavy atom. The van der Waals surface area contributed by atoms with Crippen LogP contribution in [0.25, 0.3) is 0 Å². The summed E-state index contributed by atoms with van der Waals surface area (Å²) in [6.07, 6.45) is 0. The van der Waals surface area contributed by atoms with E-state index in [1.807, 2.05) is 19.1 Å². The quantitative estimate of drug-likeness (QED) is 0.668. The molecule has 1 aromatic rings. The summed E-state index contributed by atoms with van der Waals surface area (Å²) in [6, 6.07) is 8.13. The lowest BCUT2D eigenvalue weighted by molar-refractivity contribution is -0.914. The van der Waals surface area contributed by atoms with E-state index in [0.29, 0.717) is 13.2 Å². The minimum absolute atomic E-state index is 0.0233. The zero-order valence-corrected chi connectivity index (χ0v) is 14.3. The van der Waals surface area contributed by atoms with Crippen LogP contribution in [0.2, 0.25) is 0 Å². The van der Waals surface area contributed by atoms with Crippen molar-refractivity contribution in [3.05, 3.63) is 24.3 Å². The monoisotopic (exact) mass is 322 g/mol. The Kier molecular flexibility index (Phi) is 6.67. The van der Waals surface area contributed by atoms with Crippen LogP contribution in [-0.4, -0.2) is 65.5 Å². The normalized spacial score (nSPS) is 16.9. The number of amides is 1. The van der Waals surface area contributed by atoms with Gasteiger partial charge in [-0.05, 0) is 31.2 Å². The Bertz CT molecular complexity index is 484. The van der Waals surface area contributed by atoms with Crippen LogP contribution in [0.1, 0.15) is 6.92 Å². The van der Waals surface area contributed by atoms with E-state index in [2.05, 4.69) is 22.3 Å². The number of piperazine rings is 1. The fraction of sp³-hybridized carbons (Fsp3) is 0.588. The molecule has 0 radical (unpaired) electrons. The zero-order valence-electron chi connectivity index (χ0n) is 14.3. The standard InChI is InChI=1S/C17H27N3O3/c1-14(17(21)18-8-13-22-2)19-9-11-20(12-10-19)15-4-6-16(23-3)7-5-15/h4-7,14H,8-13H2,1-3H3,(H,18,21)/p+1/t14-/m0/s1. The van der Waals surface area contributed by atoms with Gasteiger partial charge in [0.25, 0.3) is 5.91 Å². The van der Waals surface area contributed by atoms with Gasteiger partial charge in [-0.2, -0.15) is 0 Å². The summed E-state index contributed by atoms with van der Waals surface area (Å²) >= 11 is 0. The van der Waals surface area contributed by atoms with Gasteiger partial charge in [-0.25, -0.2) is 0 Å². The van der Waals surface area contributed by atoms with Crippen LogP contribution in [0.3, 0.4) is 0 Å². The van der Waals surface area contributed by atoms with E-state index in [-0.39, 0.29) is 11.9 Å². The van der Waals surface area contributed by atoms with Crippen molar-refractivity contribution in [3.63, 3.8) is 0 Å². The number of anilines is 1. The van der Waals surface area contributed by atoms with Crippen LogP contribution in [0.15, 0.2) is 24.3 Å². The van der Waals surface area contributed by atoms with Gasteiger partial charge in [0.2, 0.25) is 0 Å². The van der Waals surface area contributed by atoms with Gasteiger partial charge in [0.05, 0.1) is 39.9 Å². The number of hydrogen-bond donors (Lipinski definition) is 2. The molecule has 1 aliphatic heterocycles. The molecule has 2 rings (SSSR count). The van der Waals surface area contributed by atoms with Crippen LogP contribution in [0, 0.1) is 0 Å². The highest BCUT2D eigenvalue weighted by atomic mass is 16.5. The van der Waals surface area contributed by atoms with Crippen molar-refractivity contribution in [2.24, 2.45) is 0 Å². The Morgan fingerprint density at radius 3 is 2.48 bits per heavy atom. The number of nitrogens with one attached hydrogen (secondary N) is 2. The number of quaternary nitrogens is 1. The first-order valence-electron chi connectivity index (χ1n) is 8.16. The summed E-state index contributed by atoms with van der Waals surface area (Å²) in [5.74, 6) is 0.981. The maximum atomic E-state index is 12.1. The number of carbonyl (C=O) groups excluding carboxylic acids is 1. The van der Waals surface area contributed by atoms with Gasteiger partial charge in [-0.1, -0.05) is 0 Å². The molecule has 1 aromatic carbocycles. The van der Waals surface area contributed by atoms with Crippen molar-refractivity contribution in [1.29, 1.82) is 0 Å². The van der Waals surface area contributed by atoms with Crippen LogP contribution in [0.4, 0.5) is 5.69 Å². The number of nitrogens with zero attached hydrogens (tertiary/aromatic N) is 1. The number of ether oxygens (including phenoxy) is 2. The molecule has 6 heteroatoms. The van der Waals surface area contributed by atoms with Gasteiger partial charge in [0.1, 0.15) is 5.75 Å². The molecule has 0 unspecified atom stereocenters. The molecular weight excluding hydrogens is 294 g/mol. The van der Waals surface area contributed by atoms with Crippen LogP contribution in [-0.2, 0) is 9.53 Å². The molecule has 1 saturated heterocycles. The number of methoxy groups -OCH3 is 2. The van der Waals surface area contributed by atoms with Crippen molar-refractivity contribution >= 4 is 11.6 Å². The minimum atomic E-state index is -0.0233. The molecule has 0 bridgehead atoms. The number of carbonyl (C=O) groups is 1. The zero-order chi connectivity index (χ0) is 16.7. The third-order valence-corrected chi connectivity index (χ3v) is 4.45.